The average Bonchev–Trinajstić information content (AvgIpc) is 2.92. The van der Waals surface area contributed by atoms with Gasteiger partial charge in [0.05, 0.1) is 0 Å². The van der Waals surface area contributed by atoms with Crippen molar-refractivity contribution in [2.75, 3.05) is 19.6 Å². The highest BCUT2D eigenvalue weighted by Crippen LogP contribution is 2.42. The van der Waals surface area contributed by atoms with E-state index in [4.69, 9.17) is 5.73 Å². The molecule has 0 heterocycles. The van der Waals surface area contributed by atoms with Crippen LogP contribution in [0.15, 0.2) is 12.7 Å². The van der Waals surface area contributed by atoms with E-state index in [2.05, 4.69) is 11.5 Å². The molecule has 0 aromatic carbocycles. The van der Waals surface area contributed by atoms with Crippen molar-refractivity contribution in [1.82, 2.24) is 4.90 Å². The minimum atomic E-state index is 0.464. The van der Waals surface area contributed by atoms with E-state index in [9.17, 15) is 0 Å². The predicted octanol–water partition coefficient (Wildman–Crippen LogP) is 1.77. The minimum Gasteiger partial charge on any atom is -0.330 e. The number of hydrogen-bond acceptors (Lipinski definition) is 2. The van der Waals surface area contributed by atoms with Gasteiger partial charge in [0.2, 0.25) is 0 Å². The van der Waals surface area contributed by atoms with E-state index in [1.165, 1.54) is 38.6 Å². The van der Waals surface area contributed by atoms with Gasteiger partial charge < -0.3 is 5.73 Å². The smallest absolute Gasteiger partial charge is 0.0163 e. The lowest BCUT2D eigenvalue weighted by atomic mass is 9.68. The molecule has 2 aliphatic carbocycles. The largest absolute Gasteiger partial charge is 0.330 e. The Kier molecular flexibility index (Phi) is 2.93. The molecule has 0 bridgehead atoms. The van der Waals surface area contributed by atoms with Gasteiger partial charge in [0.1, 0.15) is 0 Å². The van der Waals surface area contributed by atoms with Crippen molar-refractivity contribution in [3.8, 4) is 0 Å². The van der Waals surface area contributed by atoms with Gasteiger partial charge in [-0.3, -0.25) is 4.90 Å². The predicted molar refractivity (Wildman–Crippen MR) is 60.1 cm³/mol. The van der Waals surface area contributed by atoms with Gasteiger partial charge in [-0.1, -0.05) is 12.5 Å². The van der Waals surface area contributed by atoms with Crippen LogP contribution in [0, 0.1) is 5.41 Å². The zero-order valence-electron chi connectivity index (χ0n) is 9.04. The second-order valence-electron chi connectivity index (χ2n) is 5.01. The van der Waals surface area contributed by atoms with Crippen molar-refractivity contribution in [3.05, 3.63) is 12.7 Å². The molecule has 2 rings (SSSR count). The molecule has 0 saturated heterocycles. The molecule has 0 aliphatic heterocycles. The molecule has 0 atom stereocenters. The first-order valence-corrected chi connectivity index (χ1v) is 5.85. The summed E-state index contributed by atoms with van der Waals surface area (Å²) in [6, 6.07) is 0.844. The summed E-state index contributed by atoms with van der Waals surface area (Å²) in [6.07, 6.45) is 8.85. The molecule has 0 amide bonds. The van der Waals surface area contributed by atoms with E-state index >= 15 is 0 Å². The molecule has 2 N–H and O–H groups in total. The van der Waals surface area contributed by atoms with E-state index in [-0.39, 0.29) is 0 Å². The molecule has 2 nitrogen and oxygen atoms in total. The molecule has 0 aromatic rings. The van der Waals surface area contributed by atoms with Crippen molar-refractivity contribution in [2.45, 2.75) is 38.1 Å². The summed E-state index contributed by atoms with van der Waals surface area (Å²) < 4.78 is 0. The Bertz CT molecular complexity index is 199. The van der Waals surface area contributed by atoms with E-state index in [0.717, 1.165) is 19.1 Å². The first kappa shape index (κ1) is 10.2. The number of nitrogens with zero attached hydrogens (tertiary/aromatic N) is 1. The lowest BCUT2D eigenvalue weighted by Gasteiger charge is -2.44. The van der Waals surface area contributed by atoms with Crippen LogP contribution in [0.25, 0.3) is 0 Å². The van der Waals surface area contributed by atoms with Gasteiger partial charge >= 0.3 is 0 Å². The van der Waals surface area contributed by atoms with E-state index in [0.29, 0.717) is 5.41 Å². The van der Waals surface area contributed by atoms with Crippen LogP contribution in [-0.2, 0) is 0 Å². The maximum Gasteiger partial charge on any atom is 0.0163 e. The zero-order valence-corrected chi connectivity index (χ0v) is 9.04. The zero-order chi connectivity index (χ0) is 10.0. The van der Waals surface area contributed by atoms with Crippen LogP contribution in [0.3, 0.4) is 0 Å². The monoisotopic (exact) mass is 194 g/mol. The van der Waals surface area contributed by atoms with Gasteiger partial charge in [-0.25, -0.2) is 0 Å². The van der Waals surface area contributed by atoms with Crippen molar-refractivity contribution in [2.24, 2.45) is 11.1 Å². The molecule has 2 aliphatic rings. The lowest BCUT2D eigenvalue weighted by molar-refractivity contribution is 0.0767. The van der Waals surface area contributed by atoms with Gasteiger partial charge in [0.25, 0.3) is 0 Å². The Morgan fingerprint density at radius 1 is 1.43 bits per heavy atom. The second kappa shape index (κ2) is 4.03. The van der Waals surface area contributed by atoms with Crippen LogP contribution in [0.1, 0.15) is 32.1 Å². The fourth-order valence-electron chi connectivity index (χ4n) is 2.48. The standard InChI is InChI=1S/C12H22N2/c1-2-8-14(11-4-5-11)10-12(9-13)6-3-7-12/h2,11H,1,3-10,13H2. The molecular formula is C12H22N2. The number of rotatable bonds is 6. The number of nitrogens with two attached hydrogens (primary N) is 1. The van der Waals surface area contributed by atoms with E-state index < -0.39 is 0 Å². The normalized spacial score (nSPS) is 24.7. The Morgan fingerprint density at radius 3 is 2.50 bits per heavy atom. The maximum atomic E-state index is 5.88. The van der Waals surface area contributed by atoms with Crippen LogP contribution < -0.4 is 5.73 Å². The van der Waals surface area contributed by atoms with E-state index in [1.54, 1.807) is 0 Å². The van der Waals surface area contributed by atoms with Crippen LogP contribution in [0.4, 0.5) is 0 Å². The first-order valence-electron chi connectivity index (χ1n) is 5.85. The summed E-state index contributed by atoms with van der Waals surface area (Å²) in [5.41, 5.74) is 6.35. The summed E-state index contributed by atoms with van der Waals surface area (Å²) >= 11 is 0. The molecule has 2 saturated carbocycles. The van der Waals surface area contributed by atoms with Gasteiger partial charge in [-0.05, 0) is 37.6 Å². The SMILES string of the molecule is C=CCN(CC1(CN)CCC1)C1CC1. The van der Waals surface area contributed by atoms with Crippen LogP contribution in [0.5, 0.6) is 0 Å². The second-order valence-corrected chi connectivity index (χ2v) is 5.01. The van der Waals surface area contributed by atoms with Crippen LogP contribution in [-0.4, -0.2) is 30.6 Å². The molecule has 0 unspecified atom stereocenters. The molecule has 0 aromatic heterocycles. The Morgan fingerprint density at radius 2 is 2.14 bits per heavy atom. The highest BCUT2D eigenvalue weighted by Gasteiger charge is 2.40. The highest BCUT2D eigenvalue weighted by molar-refractivity contribution is 4.96. The third kappa shape index (κ3) is 2.01. The van der Waals surface area contributed by atoms with Crippen LogP contribution >= 0.6 is 0 Å². The topological polar surface area (TPSA) is 29.3 Å². The van der Waals surface area contributed by atoms with Gasteiger partial charge in [-0.15, -0.1) is 6.58 Å². The summed E-state index contributed by atoms with van der Waals surface area (Å²) in [6.45, 7) is 6.96. The fourth-order valence-corrected chi connectivity index (χ4v) is 2.48. The minimum absolute atomic E-state index is 0.464. The third-order valence-electron chi connectivity index (χ3n) is 3.81. The van der Waals surface area contributed by atoms with E-state index in [1.807, 2.05) is 6.08 Å². The molecule has 80 valence electrons. The average molecular weight is 194 g/mol. The molecule has 0 radical (unpaired) electrons. The van der Waals surface area contributed by atoms with Crippen molar-refractivity contribution in [3.63, 3.8) is 0 Å². The molecule has 2 fully saturated rings. The van der Waals surface area contributed by atoms with Crippen LogP contribution in [0.2, 0.25) is 0 Å². The quantitative estimate of drug-likeness (QED) is 0.653. The lowest BCUT2D eigenvalue weighted by Crippen LogP contribution is -2.47. The van der Waals surface area contributed by atoms with Gasteiger partial charge in [0.15, 0.2) is 0 Å². The molecular weight excluding hydrogens is 172 g/mol. The summed E-state index contributed by atoms with van der Waals surface area (Å²) in [4.78, 5) is 2.58. The third-order valence-corrected chi connectivity index (χ3v) is 3.81. The fraction of sp³-hybridized carbons (Fsp3) is 0.833. The molecule has 2 heteroatoms. The van der Waals surface area contributed by atoms with Gasteiger partial charge in [0, 0.05) is 19.1 Å². The summed E-state index contributed by atoms with van der Waals surface area (Å²) in [5, 5.41) is 0. The Labute approximate surface area is 87.2 Å². The maximum absolute atomic E-state index is 5.88. The Balaban J connectivity index is 1.88. The van der Waals surface area contributed by atoms with Crippen molar-refractivity contribution >= 4 is 0 Å². The summed E-state index contributed by atoms with van der Waals surface area (Å²) in [5.74, 6) is 0. The first-order chi connectivity index (χ1) is 6.79. The molecule has 0 spiro atoms. The highest BCUT2D eigenvalue weighted by atomic mass is 15.2. The Hall–Kier alpha value is -0.340. The van der Waals surface area contributed by atoms with Crippen molar-refractivity contribution in [1.29, 1.82) is 0 Å². The summed E-state index contributed by atoms with van der Waals surface area (Å²) in [7, 11) is 0. The van der Waals surface area contributed by atoms with Crippen molar-refractivity contribution < 1.29 is 0 Å². The number of hydrogen-bond donors (Lipinski definition) is 1. The molecule has 14 heavy (non-hydrogen) atoms. The van der Waals surface area contributed by atoms with Gasteiger partial charge in [-0.2, -0.15) is 0 Å².